The normalized spacial score (nSPS) is 27.7. The van der Waals surface area contributed by atoms with Gasteiger partial charge in [-0.3, -0.25) is 0 Å². The minimum atomic E-state index is 1.04. The van der Waals surface area contributed by atoms with E-state index >= 15 is 0 Å². The molecular weight excluding hydrogens is 156 g/mol. The number of hydrogen-bond acceptors (Lipinski definition) is 0. The van der Waals surface area contributed by atoms with Gasteiger partial charge in [-0.05, 0) is 30.6 Å². The Morgan fingerprint density at radius 2 is 1.77 bits per heavy atom. The molecule has 2 atom stereocenters. The van der Waals surface area contributed by atoms with Crippen LogP contribution in [0.1, 0.15) is 65.7 Å². The van der Waals surface area contributed by atoms with Crippen LogP contribution in [-0.4, -0.2) is 0 Å². The minimum Gasteiger partial charge on any atom is -0.0654 e. The number of rotatable bonds is 6. The summed E-state index contributed by atoms with van der Waals surface area (Å²) in [6.45, 7) is 7.04. The summed E-state index contributed by atoms with van der Waals surface area (Å²) in [4.78, 5) is 0. The maximum atomic E-state index is 2.36. The maximum absolute atomic E-state index is 2.36. The zero-order valence-electron chi connectivity index (χ0n) is 9.68. The molecule has 78 valence electrons. The van der Waals surface area contributed by atoms with E-state index in [1.54, 1.807) is 0 Å². The Bertz CT molecular complexity index is 124. The van der Waals surface area contributed by atoms with Crippen molar-refractivity contribution in [3.05, 3.63) is 0 Å². The molecule has 0 heteroatoms. The van der Waals surface area contributed by atoms with Crippen LogP contribution < -0.4 is 0 Å². The first-order valence-corrected chi connectivity index (χ1v) is 6.33. The average molecular weight is 182 g/mol. The highest BCUT2D eigenvalue weighted by Gasteiger charge is 2.34. The van der Waals surface area contributed by atoms with Crippen molar-refractivity contribution in [2.45, 2.75) is 65.7 Å². The SMILES string of the molecule is CCCCC1CCC1C(CC)CC. The topological polar surface area (TPSA) is 0 Å². The average Bonchev–Trinajstić information content (AvgIpc) is 2.12. The van der Waals surface area contributed by atoms with E-state index in [-0.39, 0.29) is 0 Å². The van der Waals surface area contributed by atoms with Crippen LogP contribution in [0.3, 0.4) is 0 Å². The highest BCUT2D eigenvalue weighted by atomic mass is 14.4. The second-order valence-electron chi connectivity index (χ2n) is 4.72. The Morgan fingerprint density at radius 1 is 1.08 bits per heavy atom. The van der Waals surface area contributed by atoms with E-state index in [1.807, 2.05) is 0 Å². The van der Waals surface area contributed by atoms with Crippen molar-refractivity contribution < 1.29 is 0 Å². The molecule has 0 nitrogen and oxygen atoms in total. The smallest absolute Gasteiger partial charge is 0.0358 e. The summed E-state index contributed by atoms with van der Waals surface area (Å²) < 4.78 is 0. The molecule has 0 amide bonds. The first-order valence-electron chi connectivity index (χ1n) is 6.33. The molecule has 0 saturated heterocycles. The van der Waals surface area contributed by atoms with Crippen LogP contribution in [0.5, 0.6) is 0 Å². The third-order valence-corrected chi connectivity index (χ3v) is 4.06. The van der Waals surface area contributed by atoms with Crippen LogP contribution in [0.2, 0.25) is 0 Å². The van der Waals surface area contributed by atoms with Crippen molar-refractivity contribution in [2.75, 3.05) is 0 Å². The molecule has 1 fully saturated rings. The summed E-state index contributed by atoms with van der Waals surface area (Å²) in [6, 6.07) is 0. The van der Waals surface area contributed by atoms with E-state index in [4.69, 9.17) is 0 Å². The van der Waals surface area contributed by atoms with Gasteiger partial charge >= 0.3 is 0 Å². The molecule has 1 saturated carbocycles. The second-order valence-corrected chi connectivity index (χ2v) is 4.72. The molecule has 2 unspecified atom stereocenters. The van der Waals surface area contributed by atoms with E-state index in [2.05, 4.69) is 20.8 Å². The molecule has 1 aliphatic rings. The monoisotopic (exact) mass is 182 g/mol. The molecule has 0 aromatic carbocycles. The summed E-state index contributed by atoms with van der Waals surface area (Å²) in [5.41, 5.74) is 0. The van der Waals surface area contributed by atoms with Crippen molar-refractivity contribution >= 4 is 0 Å². The van der Waals surface area contributed by atoms with Crippen LogP contribution in [0, 0.1) is 17.8 Å². The predicted octanol–water partition coefficient (Wildman–Crippen LogP) is 4.64. The fraction of sp³-hybridized carbons (Fsp3) is 1.00. The number of hydrogen-bond donors (Lipinski definition) is 0. The minimum absolute atomic E-state index is 1.04. The van der Waals surface area contributed by atoms with Crippen molar-refractivity contribution in [2.24, 2.45) is 17.8 Å². The van der Waals surface area contributed by atoms with Crippen LogP contribution in [0.25, 0.3) is 0 Å². The molecule has 1 rings (SSSR count). The molecule has 13 heavy (non-hydrogen) atoms. The van der Waals surface area contributed by atoms with Crippen LogP contribution in [0.15, 0.2) is 0 Å². The molecule has 0 spiro atoms. The summed E-state index contributed by atoms with van der Waals surface area (Å²) in [5.74, 6) is 3.24. The lowest BCUT2D eigenvalue weighted by Crippen LogP contribution is -2.32. The van der Waals surface area contributed by atoms with Crippen molar-refractivity contribution in [1.82, 2.24) is 0 Å². The Balaban J connectivity index is 2.26. The highest BCUT2D eigenvalue weighted by Crippen LogP contribution is 2.44. The van der Waals surface area contributed by atoms with Gasteiger partial charge in [-0.2, -0.15) is 0 Å². The first-order chi connectivity index (χ1) is 6.33. The third-order valence-electron chi connectivity index (χ3n) is 4.06. The van der Waals surface area contributed by atoms with Crippen molar-refractivity contribution in [3.63, 3.8) is 0 Å². The zero-order chi connectivity index (χ0) is 9.68. The molecule has 0 heterocycles. The van der Waals surface area contributed by atoms with Gasteiger partial charge in [-0.25, -0.2) is 0 Å². The molecule has 0 aromatic heterocycles. The fourth-order valence-electron chi connectivity index (χ4n) is 2.93. The van der Waals surface area contributed by atoms with Gasteiger partial charge in [-0.15, -0.1) is 0 Å². The van der Waals surface area contributed by atoms with Gasteiger partial charge in [-0.1, -0.05) is 52.9 Å². The van der Waals surface area contributed by atoms with Crippen molar-refractivity contribution in [3.8, 4) is 0 Å². The second kappa shape index (κ2) is 5.67. The lowest BCUT2D eigenvalue weighted by Gasteiger charge is -2.42. The quantitative estimate of drug-likeness (QED) is 0.561. The Morgan fingerprint density at radius 3 is 2.15 bits per heavy atom. The van der Waals surface area contributed by atoms with Gasteiger partial charge in [0.2, 0.25) is 0 Å². The Labute approximate surface area is 84.1 Å². The predicted molar refractivity (Wildman–Crippen MR) is 59.8 cm³/mol. The van der Waals surface area contributed by atoms with E-state index < -0.39 is 0 Å². The van der Waals surface area contributed by atoms with Crippen molar-refractivity contribution in [1.29, 1.82) is 0 Å². The van der Waals surface area contributed by atoms with Gasteiger partial charge in [0.1, 0.15) is 0 Å². The van der Waals surface area contributed by atoms with E-state index in [9.17, 15) is 0 Å². The summed E-state index contributed by atoms with van der Waals surface area (Å²) in [6.07, 6.45) is 10.2. The highest BCUT2D eigenvalue weighted by molar-refractivity contribution is 4.84. The molecule has 0 aliphatic heterocycles. The fourth-order valence-corrected chi connectivity index (χ4v) is 2.93. The van der Waals surface area contributed by atoms with E-state index in [0.29, 0.717) is 0 Å². The summed E-state index contributed by atoms with van der Waals surface area (Å²) in [7, 11) is 0. The van der Waals surface area contributed by atoms with Crippen LogP contribution in [0.4, 0.5) is 0 Å². The van der Waals surface area contributed by atoms with Gasteiger partial charge in [0.05, 0.1) is 0 Å². The third kappa shape index (κ3) is 2.72. The largest absolute Gasteiger partial charge is 0.0654 e. The maximum Gasteiger partial charge on any atom is -0.0358 e. The van der Waals surface area contributed by atoms with E-state index in [1.165, 1.54) is 44.9 Å². The molecule has 0 bridgehead atoms. The van der Waals surface area contributed by atoms with Gasteiger partial charge in [0.25, 0.3) is 0 Å². The van der Waals surface area contributed by atoms with Gasteiger partial charge < -0.3 is 0 Å². The summed E-state index contributed by atoms with van der Waals surface area (Å²) in [5, 5.41) is 0. The first kappa shape index (κ1) is 11.1. The molecule has 1 aliphatic carbocycles. The Hall–Kier alpha value is 0. The van der Waals surface area contributed by atoms with Crippen LogP contribution in [-0.2, 0) is 0 Å². The standard InChI is InChI=1S/C13H26/c1-4-7-8-12-9-10-13(12)11(5-2)6-3/h11-13H,4-10H2,1-3H3. The number of unbranched alkanes of at least 4 members (excludes halogenated alkanes) is 1. The van der Waals surface area contributed by atoms with Gasteiger partial charge in [0.15, 0.2) is 0 Å². The van der Waals surface area contributed by atoms with E-state index in [0.717, 1.165) is 17.8 Å². The van der Waals surface area contributed by atoms with Gasteiger partial charge in [0, 0.05) is 0 Å². The molecular formula is C13H26. The molecule has 0 radical (unpaired) electrons. The lowest BCUT2D eigenvalue weighted by atomic mass is 9.64. The lowest BCUT2D eigenvalue weighted by molar-refractivity contribution is 0.0883. The van der Waals surface area contributed by atoms with Crippen LogP contribution >= 0.6 is 0 Å². The molecule has 0 N–H and O–H groups in total. The molecule has 0 aromatic rings. The summed E-state index contributed by atoms with van der Waals surface area (Å²) >= 11 is 0. The zero-order valence-corrected chi connectivity index (χ0v) is 9.68. The Kier molecular flexibility index (Phi) is 4.83.